The average molecular weight is 360 g/mol. The van der Waals surface area contributed by atoms with Crippen molar-refractivity contribution >= 4 is 29.1 Å². The molecule has 1 aliphatic heterocycles. The lowest BCUT2D eigenvalue weighted by molar-refractivity contribution is -0.123. The van der Waals surface area contributed by atoms with Crippen molar-refractivity contribution in [2.45, 2.75) is 19.3 Å². The zero-order chi connectivity index (χ0) is 18.5. The largest absolute Gasteiger partial charge is 0.322 e. The van der Waals surface area contributed by atoms with E-state index in [1.165, 1.54) is 4.90 Å². The quantitative estimate of drug-likeness (QED) is 0.852. The Bertz CT molecular complexity index is 912. The van der Waals surface area contributed by atoms with Crippen LogP contribution in [0.1, 0.15) is 29.6 Å². The van der Waals surface area contributed by atoms with E-state index in [4.69, 9.17) is 0 Å². The molecule has 0 aromatic heterocycles. The molecule has 5 nitrogen and oxygen atoms in total. The van der Waals surface area contributed by atoms with Crippen LogP contribution in [0, 0.1) is 23.7 Å². The van der Waals surface area contributed by atoms with Crippen molar-refractivity contribution in [2.75, 3.05) is 10.2 Å². The number of benzene rings is 2. The van der Waals surface area contributed by atoms with Crippen molar-refractivity contribution in [3.8, 4) is 0 Å². The predicted octanol–water partition coefficient (Wildman–Crippen LogP) is 3.47. The molecule has 2 saturated carbocycles. The number of imide groups is 1. The zero-order valence-corrected chi connectivity index (χ0v) is 14.8. The highest BCUT2D eigenvalue weighted by Gasteiger charge is 2.61. The van der Waals surface area contributed by atoms with Gasteiger partial charge in [0.2, 0.25) is 11.8 Å². The first-order valence-electron chi connectivity index (χ1n) is 9.48. The summed E-state index contributed by atoms with van der Waals surface area (Å²) in [5.41, 5.74) is 1.67. The number of rotatable bonds is 3. The van der Waals surface area contributed by atoms with Gasteiger partial charge in [0.1, 0.15) is 0 Å². The van der Waals surface area contributed by atoms with E-state index in [1.807, 2.05) is 6.07 Å². The first-order chi connectivity index (χ1) is 13.1. The molecule has 0 radical (unpaired) electrons. The normalized spacial score (nSPS) is 28.5. The number of fused-ring (bicyclic) bond motifs is 5. The standard InChI is InChI=1S/C22H20N2O3/c25-20(13-5-2-1-3-6-13)23-16-7-4-8-17(12-16)24-21(26)18-14-9-10-15(11-14)19(18)22(24)27/h1-8,12,14-15,18-19H,9-11H2,(H,23,25). The Morgan fingerprint density at radius 3 is 2.22 bits per heavy atom. The van der Waals surface area contributed by atoms with E-state index < -0.39 is 0 Å². The van der Waals surface area contributed by atoms with Gasteiger partial charge in [-0.1, -0.05) is 24.3 Å². The van der Waals surface area contributed by atoms with E-state index in [2.05, 4.69) is 5.32 Å². The van der Waals surface area contributed by atoms with Crippen molar-refractivity contribution in [2.24, 2.45) is 23.7 Å². The van der Waals surface area contributed by atoms with Crippen LogP contribution in [0.4, 0.5) is 11.4 Å². The molecule has 1 N–H and O–H groups in total. The van der Waals surface area contributed by atoms with E-state index in [0.29, 0.717) is 28.8 Å². The molecule has 5 heteroatoms. The highest BCUT2D eigenvalue weighted by Crippen LogP contribution is 2.56. The molecular weight excluding hydrogens is 340 g/mol. The third-order valence-corrected chi connectivity index (χ3v) is 6.33. The molecule has 3 amide bonds. The van der Waals surface area contributed by atoms with Crippen molar-refractivity contribution in [3.05, 3.63) is 60.2 Å². The second-order valence-corrected chi connectivity index (χ2v) is 7.77. The molecule has 4 unspecified atom stereocenters. The third-order valence-electron chi connectivity index (χ3n) is 6.33. The Morgan fingerprint density at radius 1 is 0.889 bits per heavy atom. The van der Waals surface area contributed by atoms with Crippen LogP contribution in [0.25, 0.3) is 0 Å². The van der Waals surface area contributed by atoms with Gasteiger partial charge in [0.15, 0.2) is 0 Å². The highest BCUT2D eigenvalue weighted by molar-refractivity contribution is 6.22. The molecular formula is C22H20N2O3. The first-order valence-corrected chi connectivity index (χ1v) is 9.48. The lowest BCUT2D eigenvalue weighted by Crippen LogP contribution is -2.32. The number of carbonyl (C=O) groups is 3. The fourth-order valence-corrected chi connectivity index (χ4v) is 5.18. The minimum atomic E-state index is -0.221. The summed E-state index contributed by atoms with van der Waals surface area (Å²) in [6.07, 6.45) is 3.14. The molecule has 2 aromatic rings. The molecule has 0 spiro atoms. The molecule has 27 heavy (non-hydrogen) atoms. The van der Waals surface area contributed by atoms with Crippen LogP contribution in [0.15, 0.2) is 54.6 Å². The lowest BCUT2D eigenvalue weighted by atomic mass is 9.81. The Labute approximate surface area is 157 Å². The number of nitrogens with zero attached hydrogens (tertiary/aromatic N) is 1. The summed E-state index contributed by atoms with van der Waals surface area (Å²) in [6, 6.07) is 15.9. The Hall–Kier alpha value is -2.95. The van der Waals surface area contributed by atoms with E-state index in [1.54, 1.807) is 48.5 Å². The molecule has 5 rings (SSSR count). The van der Waals surface area contributed by atoms with Crippen molar-refractivity contribution in [3.63, 3.8) is 0 Å². The van der Waals surface area contributed by atoms with Crippen molar-refractivity contribution in [1.29, 1.82) is 0 Å². The molecule has 1 heterocycles. The number of hydrogen-bond donors (Lipinski definition) is 1. The number of hydrogen-bond acceptors (Lipinski definition) is 3. The van der Waals surface area contributed by atoms with Crippen molar-refractivity contribution in [1.82, 2.24) is 0 Å². The maximum atomic E-state index is 13.0. The molecule has 1 saturated heterocycles. The summed E-state index contributed by atoms with van der Waals surface area (Å²) in [5, 5.41) is 2.84. The fourth-order valence-electron chi connectivity index (χ4n) is 5.18. The molecule has 3 aliphatic rings. The van der Waals surface area contributed by atoms with Gasteiger partial charge in [-0.15, -0.1) is 0 Å². The Balaban J connectivity index is 1.40. The number of nitrogens with one attached hydrogen (secondary N) is 1. The van der Waals surface area contributed by atoms with E-state index in [-0.39, 0.29) is 29.6 Å². The SMILES string of the molecule is O=C(Nc1cccc(N2C(=O)C3C4CCC(C4)C3C2=O)c1)c1ccccc1. The minimum absolute atomic E-state index is 0.0660. The van der Waals surface area contributed by atoms with E-state index in [9.17, 15) is 14.4 Å². The van der Waals surface area contributed by atoms with Gasteiger partial charge < -0.3 is 5.32 Å². The van der Waals surface area contributed by atoms with Crippen LogP contribution in [0.5, 0.6) is 0 Å². The molecule has 2 aromatic carbocycles. The van der Waals surface area contributed by atoms with Gasteiger partial charge in [0.05, 0.1) is 17.5 Å². The van der Waals surface area contributed by atoms with Gasteiger partial charge in [0.25, 0.3) is 5.91 Å². The third kappa shape index (κ3) is 2.49. The molecule has 2 aliphatic carbocycles. The summed E-state index contributed by atoms with van der Waals surface area (Å²) in [5.74, 6) is 0.0941. The van der Waals surface area contributed by atoms with Gasteiger partial charge in [-0.25, -0.2) is 4.90 Å². The fraction of sp³-hybridized carbons (Fsp3) is 0.318. The Kier molecular flexibility index (Phi) is 3.64. The predicted molar refractivity (Wildman–Crippen MR) is 101 cm³/mol. The highest BCUT2D eigenvalue weighted by atomic mass is 16.2. The Morgan fingerprint density at radius 2 is 1.56 bits per heavy atom. The van der Waals surface area contributed by atoms with Gasteiger partial charge in [0, 0.05) is 11.3 Å². The van der Waals surface area contributed by atoms with Gasteiger partial charge in [-0.2, -0.15) is 0 Å². The van der Waals surface area contributed by atoms with Crippen LogP contribution in [-0.4, -0.2) is 17.7 Å². The van der Waals surface area contributed by atoms with Gasteiger partial charge in [-0.05, 0) is 61.4 Å². The van der Waals surface area contributed by atoms with E-state index >= 15 is 0 Å². The van der Waals surface area contributed by atoms with Gasteiger partial charge >= 0.3 is 0 Å². The maximum Gasteiger partial charge on any atom is 0.255 e. The molecule has 4 atom stereocenters. The summed E-state index contributed by atoms with van der Waals surface area (Å²) < 4.78 is 0. The van der Waals surface area contributed by atoms with Gasteiger partial charge in [-0.3, -0.25) is 14.4 Å². The monoisotopic (exact) mass is 360 g/mol. The lowest BCUT2D eigenvalue weighted by Gasteiger charge is -2.19. The number of anilines is 2. The van der Waals surface area contributed by atoms with E-state index in [0.717, 1.165) is 19.3 Å². The van der Waals surface area contributed by atoms with Crippen LogP contribution in [0.3, 0.4) is 0 Å². The molecule has 136 valence electrons. The summed E-state index contributed by atoms with van der Waals surface area (Å²) >= 11 is 0. The maximum absolute atomic E-state index is 13.0. The zero-order valence-electron chi connectivity index (χ0n) is 14.8. The average Bonchev–Trinajstić information content (AvgIpc) is 3.36. The number of carbonyl (C=O) groups excluding carboxylic acids is 3. The van der Waals surface area contributed by atoms with Crippen LogP contribution < -0.4 is 10.2 Å². The van der Waals surface area contributed by atoms with Crippen LogP contribution in [-0.2, 0) is 9.59 Å². The van der Waals surface area contributed by atoms with Crippen LogP contribution in [0.2, 0.25) is 0 Å². The molecule has 2 bridgehead atoms. The number of amides is 3. The smallest absolute Gasteiger partial charge is 0.255 e. The van der Waals surface area contributed by atoms with Crippen LogP contribution >= 0.6 is 0 Å². The second kappa shape index (κ2) is 6.05. The topological polar surface area (TPSA) is 66.5 Å². The minimum Gasteiger partial charge on any atom is -0.322 e. The summed E-state index contributed by atoms with van der Waals surface area (Å²) in [7, 11) is 0. The van der Waals surface area contributed by atoms with Crippen molar-refractivity contribution < 1.29 is 14.4 Å². The molecule has 3 fully saturated rings. The summed E-state index contributed by atoms with van der Waals surface area (Å²) in [6.45, 7) is 0. The second-order valence-electron chi connectivity index (χ2n) is 7.77. The summed E-state index contributed by atoms with van der Waals surface area (Å²) in [4.78, 5) is 39.6. The first kappa shape index (κ1) is 16.2.